The number of benzene rings is 1. The van der Waals surface area contributed by atoms with E-state index < -0.39 is 11.7 Å². The molecule has 0 amide bonds. The van der Waals surface area contributed by atoms with Gasteiger partial charge in [0.15, 0.2) is 0 Å². The summed E-state index contributed by atoms with van der Waals surface area (Å²) in [6.07, 6.45) is -1.33. The van der Waals surface area contributed by atoms with E-state index in [9.17, 15) is 13.2 Å². The van der Waals surface area contributed by atoms with Crippen molar-refractivity contribution < 1.29 is 13.2 Å². The summed E-state index contributed by atoms with van der Waals surface area (Å²) in [6, 6.07) is 5.26. The lowest BCUT2D eigenvalue weighted by molar-refractivity contribution is -0.137. The number of nitrogens with one attached hydrogen (secondary N) is 1. The van der Waals surface area contributed by atoms with E-state index in [1.165, 1.54) is 17.7 Å². The molecule has 0 spiro atoms. The number of hydrogen-bond acceptors (Lipinski definition) is 1. The summed E-state index contributed by atoms with van der Waals surface area (Å²) in [5.74, 6) is 0. The van der Waals surface area contributed by atoms with Crippen molar-refractivity contribution in [2.24, 2.45) is 0 Å². The zero-order chi connectivity index (χ0) is 11.6. The first-order valence-corrected chi connectivity index (χ1v) is 5.13. The Morgan fingerprint density at radius 3 is 2.31 bits per heavy atom. The van der Waals surface area contributed by atoms with E-state index in [1.54, 1.807) is 0 Å². The Labute approximate surface area is 92.0 Å². The van der Waals surface area contributed by atoms with Crippen LogP contribution in [0.3, 0.4) is 0 Å². The highest BCUT2D eigenvalue weighted by Gasteiger charge is 2.29. The van der Waals surface area contributed by atoms with Crippen molar-refractivity contribution in [1.82, 2.24) is 5.32 Å². The Hall–Kier alpha value is -1.29. The molecule has 0 radical (unpaired) electrons. The van der Waals surface area contributed by atoms with Crippen molar-refractivity contribution >= 4 is 6.08 Å². The van der Waals surface area contributed by atoms with Gasteiger partial charge in [0.1, 0.15) is 0 Å². The third-order valence-electron chi connectivity index (χ3n) is 2.58. The molecule has 1 aromatic rings. The average Bonchev–Trinajstić information content (AvgIpc) is 2.70. The van der Waals surface area contributed by atoms with Gasteiger partial charge in [-0.2, -0.15) is 13.2 Å². The van der Waals surface area contributed by atoms with Crippen LogP contribution >= 0.6 is 0 Å². The molecule has 0 aliphatic carbocycles. The minimum absolute atomic E-state index is 0.598. The lowest BCUT2D eigenvalue weighted by atomic mass is 10.1. The van der Waals surface area contributed by atoms with Crippen LogP contribution in [-0.4, -0.2) is 13.1 Å². The quantitative estimate of drug-likeness (QED) is 0.777. The highest BCUT2D eigenvalue weighted by atomic mass is 19.4. The summed E-state index contributed by atoms with van der Waals surface area (Å²) in [5.41, 5.74) is 1.46. The van der Waals surface area contributed by atoms with Gasteiger partial charge < -0.3 is 5.32 Å². The van der Waals surface area contributed by atoms with Crippen molar-refractivity contribution in [2.75, 3.05) is 13.1 Å². The topological polar surface area (TPSA) is 12.0 Å². The van der Waals surface area contributed by atoms with E-state index in [-0.39, 0.29) is 0 Å². The minimum Gasteiger partial charge on any atom is -0.313 e. The van der Waals surface area contributed by atoms with Gasteiger partial charge in [-0.3, -0.25) is 0 Å². The molecule has 0 saturated carbocycles. The van der Waals surface area contributed by atoms with Crippen LogP contribution in [0.4, 0.5) is 13.2 Å². The second kappa shape index (κ2) is 4.29. The van der Waals surface area contributed by atoms with E-state index in [4.69, 9.17) is 0 Å². The summed E-state index contributed by atoms with van der Waals surface area (Å²) in [6.45, 7) is 1.79. The van der Waals surface area contributed by atoms with E-state index in [0.29, 0.717) is 0 Å². The molecule has 1 aliphatic rings. The van der Waals surface area contributed by atoms with Gasteiger partial charge in [-0.25, -0.2) is 0 Å². The third kappa shape index (κ3) is 2.64. The van der Waals surface area contributed by atoms with Crippen molar-refractivity contribution in [1.29, 1.82) is 0 Å². The van der Waals surface area contributed by atoms with Gasteiger partial charge in [0.05, 0.1) is 5.56 Å². The molecule has 1 aromatic carbocycles. The molecule has 0 bridgehead atoms. The molecule has 86 valence electrons. The lowest BCUT2D eigenvalue weighted by Crippen LogP contribution is -2.04. The summed E-state index contributed by atoms with van der Waals surface area (Å²) in [4.78, 5) is 0. The van der Waals surface area contributed by atoms with Crippen molar-refractivity contribution in [3.05, 3.63) is 41.0 Å². The molecule has 2 rings (SSSR count). The first-order valence-electron chi connectivity index (χ1n) is 5.13. The van der Waals surface area contributed by atoms with Gasteiger partial charge in [-0.1, -0.05) is 23.8 Å². The molecule has 1 heterocycles. The smallest absolute Gasteiger partial charge is 0.313 e. The van der Waals surface area contributed by atoms with Crippen molar-refractivity contribution in [3.63, 3.8) is 0 Å². The van der Waals surface area contributed by atoms with Crippen LogP contribution in [0, 0.1) is 0 Å². The van der Waals surface area contributed by atoms with Crippen LogP contribution in [0.5, 0.6) is 0 Å². The molecule has 0 unspecified atom stereocenters. The highest BCUT2D eigenvalue weighted by molar-refractivity contribution is 5.54. The summed E-state index contributed by atoms with van der Waals surface area (Å²) < 4.78 is 36.9. The van der Waals surface area contributed by atoms with E-state index in [0.717, 1.165) is 37.2 Å². The van der Waals surface area contributed by atoms with Crippen LogP contribution in [0.15, 0.2) is 29.8 Å². The average molecular weight is 227 g/mol. The Morgan fingerprint density at radius 2 is 1.81 bits per heavy atom. The molecule has 1 nitrogen and oxygen atoms in total. The van der Waals surface area contributed by atoms with Gasteiger partial charge in [0, 0.05) is 6.54 Å². The predicted molar refractivity (Wildman–Crippen MR) is 56.9 cm³/mol. The molecule has 16 heavy (non-hydrogen) atoms. The Balaban J connectivity index is 2.16. The molecular weight excluding hydrogens is 215 g/mol. The fraction of sp³-hybridized carbons (Fsp3) is 0.333. The largest absolute Gasteiger partial charge is 0.416 e. The minimum atomic E-state index is -4.25. The monoisotopic (exact) mass is 227 g/mol. The Kier molecular flexibility index (Phi) is 3.01. The van der Waals surface area contributed by atoms with Crippen LogP contribution in [-0.2, 0) is 6.18 Å². The van der Waals surface area contributed by atoms with E-state index >= 15 is 0 Å². The second-order valence-electron chi connectivity index (χ2n) is 3.85. The highest BCUT2D eigenvalue weighted by Crippen LogP contribution is 2.29. The summed E-state index contributed by atoms with van der Waals surface area (Å²) in [7, 11) is 0. The second-order valence-corrected chi connectivity index (χ2v) is 3.85. The predicted octanol–water partition coefficient (Wildman–Crippen LogP) is 3.08. The molecule has 1 N–H and O–H groups in total. The van der Waals surface area contributed by atoms with Crippen LogP contribution in [0.1, 0.15) is 17.5 Å². The Bertz CT molecular complexity index is 382. The summed E-state index contributed by atoms with van der Waals surface area (Å²) in [5, 5.41) is 3.18. The maximum Gasteiger partial charge on any atom is 0.416 e. The fourth-order valence-corrected chi connectivity index (χ4v) is 1.71. The number of rotatable bonds is 1. The van der Waals surface area contributed by atoms with Crippen molar-refractivity contribution in [3.8, 4) is 0 Å². The van der Waals surface area contributed by atoms with Crippen LogP contribution < -0.4 is 5.32 Å². The van der Waals surface area contributed by atoms with Crippen molar-refractivity contribution in [2.45, 2.75) is 12.6 Å². The molecule has 1 fully saturated rings. The van der Waals surface area contributed by atoms with Crippen LogP contribution in [0.2, 0.25) is 0 Å². The van der Waals surface area contributed by atoms with Crippen LogP contribution in [0.25, 0.3) is 6.08 Å². The third-order valence-corrected chi connectivity index (χ3v) is 2.58. The summed E-state index contributed by atoms with van der Waals surface area (Å²) >= 11 is 0. The normalized spacial score (nSPS) is 19.3. The fourth-order valence-electron chi connectivity index (χ4n) is 1.71. The zero-order valence-corrected chi connectivity index (χ0v) is 8.64. The molecule has 0 atom stereocenters. The van der Waals surface area contributed by atoms with Gasteiger partial charge >= 0.3 is 6.18 Å². The first-order chi connectivity index (χ1) is 7.55. The molecule has 1 saturated heterocycles. The van der Waals surface area contributed by atoms with Gasteiger partial charge in [0.25, 0.3) is 0 Å². The number of alkyl halides is 3. The standard InChI is InChI=1S/C12H12F3N/c13-12(14,15)11-3-1-9(2-4-11)7-10-5-6-16-8-10/h1-4,7,16H,5-6,8H2/b10-7+. The number of halogens is 3. The molecule has 1 aliphatic heterocycles. The van der Waals surface area contributed by atoms with E-state index in [1.807, 2.05) is 6.08 Å². The molecule has 0 aromatic heterocycles. The van der Waals surface area contributed by atoms with Gasteiger partial charge in [-0.05, 0) is 30.7 Å². The van der Waals surface area contributed by atoms with Gasteiger partial charge in [-0.15, -0.1) is 0 Å². The molecular formula is C12H12F3N. The first kappa shape index (κ1) is 11.2. The maximum atomic E-state index is 12.3. The van der Waals surface area contributed by atoms with Gasteiger partial charge in [0.2, 0.25) is 0 Å². The number of hydrogen-bond donors (Lipinski definition) is 1. The SMILES string of the molecule is FC(F)(F)c1ccc(/C=C2\CCNC2)cc1. The zero-order valence-electron chi connectivity index (χ0n) is 8.64. The maximum absolute atomic E-state index is 12.3. The van der Waals surface area contributed by atoms with E-state index in [2.05, 4.69) is 5.32 Å². The molecule has 4 heteroatoms. The Morgan fingerprint density at radius 1 is 1.12 bits per heavy atom. The lowest BCUT2D eigenvalue weighted by Gasteiger charge is -2.06.